The highest BCUT2D eigenvalue weighted by atomic mass is 16.4. The normalized spacial score (nSPS) is 12.0. The third-order valence-corrected chi connectivity index (χ3v) is 5.70. The van der Waals surface area contributed by atoms with Gasteiger partial charge in [0.15, 0.2) is 12.4 Å². The lowest BCUT2D eigenvalue weighted by Gasteiger charge is -2.14. The first-order valence-electron chi connectivity index (χ1n) is 11.5. The highest BCUT2D eigenvalue weighted by Crippen LogP contribution is 2.26. The fraction of sp³-hybridized carbons (Fsp3) is 0.538. The molecule has 3 nitrogen and oxygen atoms in total. The molecule has 0 aliphatic rings. The molecule has 1 unspecified atom stereocenters. The molecule has 0 fully saturated rings. The number of para-hydroxylation sites is 1. The number of carbonyl (C=O) groups is 1. The molecule has 3 heteroatoms. The van der Waals surface area contributed by atoms with Crippen molar-refractivity contribution < 1.29 is 14.5 Å². The second-order valence-electron chi connectivity index (χ2n) is 8.06. The Balaban J connectivity index is 1.77. The summed E-state index contributed by atoms with van der Waals surface area (Å²) in [5.41, 5.74) is 1.87. The molecular weight excluding hydrogens is 358 g/mol. The van der Waals surface area contributed by atoms with E-state index in [4.69, 9.17) is 0 Å². The van der Waals surface area contributed by atoms with E-state index in [1.807, 2.05) is 59.4 Å². The van der Waals surface area contributed by atoms with Gasteiger partial charge in [-0.15, -0.1) is 0 Å². The van der Waals surface area contributed by atoms with Crippen LogP contribution in [0.5, 0.6) is 0 Å². The second-order valence-corrected chi connectivity index (χ2v) is 8.06. The maximum atomic E-state index is 12.0. The third kappa shape index (κ3) is 8.39. The minimum Gasteiger partial charge on any atom is -0.481 e. The van der Waals surface area contributed by atoms with Gasteiger partial charge in [0, 0.05) is 23.8 Å². The average molecular weight is 397 g/mol. The van der Waals surface area contributed by atoms with Crippen LogP contribution in [0.25, 0.3) is 5.69 Å². The summed E-state index contributed by atoms with van der Waals surface area (Å²) in [6.07, 6.45) is 18.7. The van der Waals surface area contributed by atoms with E-state index in [0.29, 0.717) is 6.42 Å². The molecule has 0 bridgehead atoms. The average Bonchev–Trinajstić information content (AvgIpc) is 2.75. The predicted molar refractivity (Wildman–Crippen MR) is 119 cm³/mol. The lowest BCUT2D eigenvalue weighted by Crippen LogP contribution is -2.32. The maximum Gasteiger partial charge on any atom is 0.311 e. The van der Waals surface area contributed by atoms with Crippen molar-refractivity contribution in [3.8, 4) is 5.69 Å². The minimum absolute atomic E-state index is 0.447. The zero-order chi connectivity index (χ0) is 20.7. The number of benzene rings is 1. The summed E-state index contributed by atoms with van der Waals surface area (Å²) in [6, 6.07) is 13.8. The first kappa shape index (κ1) is 23.1. The van der Waals surface area contributed by atoms with Gasteiger partial charge in [0.1, 0.15) is 0 Å². The van der Waals surface area contributed by atoms with Crippen LogP contribution < -0.4 is 4.57 Å². The van der Waals surface area contributed by atoms with Crippen LogP contribution in [0.4, 0.5) is 0 Å². The Morgan fingerprint density at radius 1 is 0.793 bits per heavy atom. The van der Waals surface area contributed by atoms with E-state index >= 15 is 0 Å². The smallest absolute Gasteiger partial charge is 0.311 e. The van der Waals surface area contributed by atoms with Crippen molar-refractivity contribution in [1.29, 1.82) is 0 Å². The first-order valence-corrected chi connectivity index (χ1v) is 11.5. The van der Waals surface area contributed by atoms with E-state index in [2.05, 4.69) is 6.92 Å². The summed E-state index contributed by atoms with van der Waals surface area (Å²) in [5.74, 6) is -1.17. The fourth-order valence-electron chi connectivity index (χ4n) is 4.00. The second kappa shape index (κ2) is 13.9. The van der Waals surface area contributed by atoms with E-state index in [1.165, 1.54) is 57.8 Å². The molecule has 0 radical (unpaired) electrons. The Hall–Kier alpha value is -2.16. The Bertz CT molecular complexity index is 699. The van der Waals surface area contributed by atoms with E-state index in [9.17, 15) is 9.90 Å². The van der Waals surface area contributed by atoms with Crippen LogP contribution >= 0.6 is 0 Å². The molecule has 2 aromatic rings. The standard InChI is InChI=1S/C26H37NO2/c1-2-3-4-5-6-7-8-9-10-11-13-19-24(26(28)29)23-18-14-15-20-25(23)27-21-16-12-17-22-27/h12,14-18,20-22,24H,2-11,13,19H2,1H3/p+1. The van der Waals surface area contributed by atoms with Gasteiger partial charge in [0.05, 0.1) is 5.92 Å². The highest BCUT2D eigenvalue weighted by molar-refractivity contribution is 5.77. The van der Waals surface area contributed by atoms with Crippen molar-refractivity contribution in [2.24, 2.45) is 0 Å². The number of pyridine rings is 1. The number of hydrogen-bond donors (Lipinski definition) is 1. The Morgan fingerprint density at radius 3 is 1.93 bits per heavy atom. The van der Waals surface area contributed by atoms with Crippen molar-refractivity contribution in [2.45, 2.75) is 89.9 Å². The van der Waals surface area contributed by atoms with Crippen LogP contribution in [0.3, 0.4) is 0 Å². The molecule has 0 amide bonds. The van der Waals surface area contributed by atoms with Crippen LogP contribution in [-0.4, -0.2) is 11.1 Å². The molecule has 1 atom stereocenters. The summed E-state index contributed by atoms with van der Waals surface area (Å²) < 4.78 is 2.01. The number of carboxylic acid groups (broad SMARTS) is 1. The van der Waals surface area contributed by atoms with Crippen LogP contribution in [0.15, 0.2) is 54.9 Å². The predicted octanol–water partition coefficient (Wildman–Crippen LogP) is 6.83. The van der Waals surface area contributed by atoms with Gasteiger partial charge in [-0.3, -0.25) is 4.79 Å². The molecule has 0 aliphatic heterocycles. The number of aliphatic carboxylic acids is 1. The summed E-state index contributed by atoms with van der Waals surface area (Å²) in [5, 5.41) is 9.85. The topological polar surface area (TPSA) is 41.2 Å². The Kier molecular flexibility index (Phi) is 11.1. The quantitative estimate of drug-likeness (QED) is 0.265. The summed E-state index contributed by atoms with van der Waals surface area (Å²) in [4.78, 5) is 12.0. The summed E-state index contributed by atoms with van der Waals surface area (Å²) in [6.45, 7) is 2.26. The summed E-state index contributed by atoms with van der Waals surface area (Å²) in [7, 11) is 0. The molecule has 1 aromatic heterocycles. The van der Waals surface area contributed by atoms with Gasteiger partial charge in [-0.05, 0) is 6.42 Å². The van der Waals surface area contributed by atoms with E-state index in [-0.39, 0.29) is 0 Å². The molecule has 0 saturated carbocycles. The van der Waals surface area contributed by atoms with Crippen LogP contribution in [-0.2, 0) is 4.79 Å². The maximum absolute atomic E-state index is 12.0. The largest absolute Gasteiger partial charge is 0.481 e. The molecule has 2 rings (SSSR count). The van der Waals surface area contributed by atoms with Crippen molar-refractivity contribution in [3.05, 3.63) is 60.4 Å². The SMILES string of the molecule is CCCCCCCCCCCCCC(C(=O)O)c1ccccc1-[n+]1ccccc1. The minimum atomic E-state index is -0.721. The zero-order valence-corrected chi connectivity index (χ0v) is 18.1. The van der Waals surface area contributed by atoms with Crippen LogP contribution in [0, 0.1) is 0 Å². The van der Waals surface area contributed by atoms with Gasteiger partial charge in [0.25, 0.3) is 0 Å². The fourth-order valence-corrected chi connectivity index (χ4v) is 4.00. The number of hydrogen-bond acceptors (Lipinski definition) is 1. The molecule has 1 N–H and O–H groups in total. The summed E-state index contributed by atoms with van der Waals surface area (Å²) >= 11 is 0. The first-order chi connectivity index (χ1) is 14.2. The van der Waals surface area contributed by atoms with Crippen LogP contribution in [0.1, 0.15) is 95.5 Å². The van der Waals surface area contributed by atoms with Crippen molar-refractivity contribution >= 4 is 5.97 Å². The molecular formula is C26H38NO2+. The van der Waals surface area contributed by atoms with E-state index in [1.54, 1.807) is 0 Å². The molecule has 0 spiro atoms. The molecule has 1 aromatic carbocycles. The third-order valence-electron chi connectivity index (χ3n) is 5.70. The Labute approximate surface area is 176 Å². The molecule has 158 valence electrons. The van der Waals surface area contributed by atoms with Gasteiger partial charge in [-0.25, -0.2) is 0 Å². The molecule has 29 heavy (non-hydrogen) atoms. The van der Waals surface area contributed by atoms with E-state index < -0.39 is 11.9 Å². The number of rotatable bonds is 15. The van der Waals surface area contributed by atoms with Crippen molar-refractivity contribution in [3.63, 3.8) is 0 Å². The van der Waals surface area contributed by atoms with Crippen molar-refractivity contribution in [1.82, 2.24) is 0 Å². The van der Waals surface area contributed by atoms with Gasteiger partial charge in [-0.2, -0.15) is 4.57 Å². The van der Waals surface area contributed by atoms with Gasteiger partial charge in [0.2, 0.25) is 5.69 Å². The highest BCUT2D eigenvalue weighted by Gasteiger charge is 2.25. The monoisotopic (exact) mass is 396 g/mol. The molecule has 0 aliphatic carbocycles. The molecule has 1 heterocycles. The number of aromatic nitrogens is 1. The number of nitrogens with zero attached hydrogens (tertiary/aromatic N) is 1. The zero-order valence-electron chi connectivity index (χ0n) is 18.1. The van der Waals surface area contributed by atoms with Crippen LogP contribution in [0.2, 0.25) is 0 Å². The van der Waals surface area contributed by atoms with Crippen molar-refractivity contribution in [2.75, 3.05) is 0 Å². The lowest BCUT2D eigenvalue weighted by atomic mass is 9.91. The molecule has 0 saturated heterocycles. The van der Waals surface area contributed by atoms with Gasteiger partial charge in [-0.1, -0.05) is 102 Å². The van der Waals surface area contributed by atoms with Gasteiger partial charge < -0.3 is 5.11 Å². The number of unbranched alkanes of at least 4 members (excludes halogenated alkanes) is 10. The number of carboxylic acids is 1. The Morgan fingerprint density at radius 2 is 1.34 bits per heavy atom. The lowest BCUT2D eigenvalue weighted by molar-refractivity contribution is -0.596. The van der Waals surface area contributed by atoms with Gasteiger partial charge >= 0.3 is 5.97 Å². The van der Waals surface area contributed by atoms with E-state index in [0.717, 1.165) is 24.1 Å².